The number of amides is 2. The monoisotopic (exact) mass is 984 g/mol. The third-order valence-corrected chi connectivity index (χ3v) is 12.4. The van der Waals surface area contributed by atoms with Crippen molar-refractivity contribution in [1.29, 1.82) is 0 Å². The number of rotatable bonds is 17. The summed E-state index contributed by atoms with van der Waals surface area (Å²) in [5.41, 5.74) is 4.67. The molecule has 0 unspecified atom stereocenters. The molecule has 2 aliphatic heterocycles. The van der Waals surface area contributed by atoms with Gasteiger partial charge in [0.2, 0.25) is 11.8 Å². The Morgan fingerprint density at radius 2 is 1.26 bits per heavy atom. The maximum absolute atomic E-state index is 13.5. The summed E-state index contributed by atoms with van der Waals surface area (Å²) in [7, 11) is 0. The summed E-state index contributed by atoms with van der Waals surface area (Å²) in [5, 5.41) is 21.9. The Labute approximate surface area is 415 Å². The Kier molecular flexibility index (Phi) is 24.0. The number of benzene rings is 2. The number of hydrogen-bond acceptors (Lipinski definition) is 13. The molecule has 4 aromatic rings. The van der Waals surface area contributed by atoms with E-state index < -0.39 is 11.9 Å². The largest absolute Gasteiger partial charge is 0.477 e. The van der Waals surface area contributed by atoms with E-state index in [9.17, 15) is 29.4 Å². The van der Waals surface area contributed by atoms with Crippen LogP contribution in [0, 0.1) is 11.8 Å². The van der Waals surface area contributed by atoms with Crippen molar-refractivity contribution in [2.24, 2.45) is 0 Å². The van der Waals surface area contributed by atoms with Crippen LogP contribution < -0.4 is 10.2 Å². The normalized spacial score (nSPS) is 16.6. The average Bonchev–Trinajstić information content (AvgIpc) is 3.33. The molecule has 370 valence electrons. The Hall–Kier alpha value is -5.36. The topological polar surface area (TPSA) is 193 Å². The molecule has 0 bridgehead atoms. The van der Waals surface area contributed by atoms with E-state index in [-0.39, 0.29) is 55.6 Å². The first-order valence-electron chi connectivity index (χ1n) is 23.2. The number of ether oxygens (including phenoxy) is 4. The van der Waals surface area contributed by atoms with Crippen LogP contribution in [-0.4, -0.2) is 150 Å². The summed E-state index contributed by atoms with van der Waals surface area (Å²) in [4.78, 5) is 64.1. The van der Waals surface area contributed by atoms with Crippen molar-refractivity contribution in [3.63, 3.8) is 0 Å². The number of para-hydroxylation sites is 1. The number of fused-ring (bicyclic) bond motifs is 2. The number of carbonyl (C=O) groups is 4. The number of aromatic nitrogens is 2. The van der Waals surface area contributed by atoms with Crippen LogP contribution in [0.15, 0.2) is 84.9 Å². The van der Waals surface area contributed by atoms with E-state index in [0.29, 0.717) is 116 Å². The first-order valence-corrected chi connectivity index (χ1v) is 24.4. The van der Waals surface area contributed by atoms with Crippen molar-refractivity contribution in [1.82, 2.24) is 25.1 Å². The number of carbonyl (C=O) groups excluding carboxylic acids is 2. The fraction of sp³-hybridized carbons (Fsp3) is 0.451. The highest BCUT2D eigenvalue weighted by Gasteiger charge is 2.22. The fourth-order valence-corrected chi connectivity index (χ4v) is 8.61. The molecule has 1 atom stereocenters. The van der Waals surface area contributed by atoms with Gasteiger partial charge in [0.15, 0.2) is 0 Å². The van der Waals surface area contributed by atoms with E-state index in [1.807, 2.05) is 60.7 Å². The van der Waals surface area contributed by atoms with Gasteiger partial charge in [-0.2, -0.15) is 25.3 Å². The van der Waals surface area contributed by atoms with Gasteiger partial charge in [-0.1, -0.05) is 60.7 Å². The van der Waals surface area contributed by atoms with Gasteiger partial charge in [0.05, 0.1) is 76.0 Å². The van der Waals surface area contributed by atoms with E-state index in [1.54, 1.807) is 28.8 Å². The lowest BCUT2D eigenvalue weighted by Crippen LogP contribution is -2.35. The second-order valence-corrected chi connectivity index (χ2v) is 17.5. The Morgan fingerprint density at radius 1 is 0.667 bits per heavy atom. The zero-order valence-electron chi connectivity index (χ0n) is 39.0. The first-order chi connectivity index (χ1) is 33.2. The second-order valence-electron chi connectivity index (χ2n) is 16.4. The number of nitrogens with zero attached hydrogens (tertiary/aromatic N) is 5. The van der Waals surface area contributed by atoms with Crippen molar-refractivity contribution in [3.05, 3.63) is 124 Å². The van der Waals surface area contributed by atoms with Crippen LogP contribution in [0.1, 0.15) is 81.2 Å². The standard InChI is InChI=1S/C51H62N6O10S.H2S/c58-48(20-21-49(59)57-34-41-12-3-2-10-39(41)18-19-40-11-4-5-17-47(40)57)52-22-6-1-7-33-68-38-44-37-66-29-25-55(35-42-13-8-15-45(53-42)50(60)61)23-27-64-31-32-65-28-24-56(26-30-67-44)36-43-14-9-16-46(54-43)51(62)63;/h2-5,8-17,44H,1,6-7,20-38H2,(H,52,58)(H,60,61)(H,62,63);1H2/t44-;/m0./s1. The number of pyridine rings is 2. The van der Waals surface area contributed by atoms with Crippen molar-refractivity contribution in [2.45, 2.75) is 57.8 Å². The lowest BCUT2D eigenvalue weighted by atomic mass is 10.0. The summed E-state index contributed by atoms with van der Waals surface area (Å²) in [6.07, 6.45) is 2.70. The van der Waals surface area contributed by atoms with Crippen LogP contribution in [0.25, 0.3) is 0 Å². The summed E-state index contributed by atoms with van der Waals surface area (Å²) in [6, 6.07) is 25.4. The highest BCUT2D eigenvalue weighted by atomic mass is 32.2. The molecule has 2 aromatic carbocycles. The Morgan fingerprint density at radius 3 is 1.93 bits per heavy atom. The summed E-state index contributed by atoms with van der Waals surface area (Å²) >= 11 is 1.79. The number of carboxylic acids is 2. The lowest BCUT2D eigenvalue weighted by molar-refractivity contribution is -0.125. The van der Waals surface area contributed by atoms with E-state index in [2.05, 4.69) is 36.9 Å². The van der Waals surface area contributed by atoms with Crippen molar-refractivity contribution < 1.29 is 48.3 Å². The van der Waals surface area contributed by atoms with Crippen LogP contribution in [0.2, 0.25) is 0 Å². The SMILES string of the molecule is O=C(CCC(=O)N1Cc2ccccc2C#Cc2ccccc21)NCCCCCSC[C@@H]1COCCN(Cc2cccc(C(=O)O)n2)CCOCCOCCN(Cc2cccc(C(=O)O)n2)CCO1.S. The molecule has 6 rings (SSSR count). The Balaban J connectivity index is 0.00000888. The minimum absolute atomic E-state index is 0. The smallest absolute Gasteiger partial charge is 0.354 e. The molecular formula is C51H64N6O10S2. The molecule has 0 aliphatic carbocycles. The van der Waals surface area contributed by atoms with E-state index in [1.165, 1.54) is 12.1 Å². The van der Waals surface area contributed by atoms with Crippen LogP contribution in [0.4, 0.5) is 5.69 Å². The number of hydrogen-bond donors (Lipinski definition) is 3. The summed E-state index contributed by atoms with van der Waals surface area (Å²) in [6.45, 7) is 6.96. The quantitative estimate of drug-likeness (QED) is 0.0889. The van der Waals surface area contributed by atoms with E-state index in [0.717, 1.165) is 47.4 Å². The molecule has 3 N–H and O–H groups in total. The van der Waals surface area contributed by atoms with E-state index >= 15 is 0 Å². The third-order valence-electron chi connectivity index (χ3n) is 11.2. The summed E-state index contributed by atoms with van der Waals surface area (Å²) < 4.78 is 24.5. The molecule has 2 aromatic heterocycles. The molecule has 18 heteroatoms. The predicted octanol–water partition coefficient (Wildman–Crippen LogP) is 5.49. The molecule has 69 heavy (non-hydrogen) atoms. The molecule has 0 radical (unpaired) electrons. The van der Waals surface area contributed by atoms with Gasteiger partial charge in [-0.05, 0) is 66.6 Å². The fourth-order valence-electron chi connectivity index (χ4n) is 7.58. The molecule has 1 saturated heterocycles. The van der Waals surface area contributed by atoms with Crippen LogP contribution >= 0.6 is 25.3 Å². The number of aromatic carboxylic acids is 2. The number of nitrogens with one attached hydrogen (secondary N) is 1. The Bertz CT molecular complexity index is 2330. The molecule has 4 heterocycles. The minimum Gasteiger partial charge on any atom is -0.477 e. The molecule has 0 spiro atoms. The van der Waals surface area contributed by atoms with Gasteiger partial charge < -0.3 is 39.4 Å². The molecule has 1 fully saturated rings. The van der Waals surface area contributed by atoms with Gasteiger partial charge in [-0.15, -0.1) is 0 Å². The maximum atomic E-state index is 13.5. The van der Waals surface area contributed by atoms with Crippen molar-refractivity contribution in [3.8, 4) is 11.8 Å². The second kappa shape index (κ2) is 30.3. The van der Waals surface area contributed by atoms with Crippen LogP contribution in [0.3, 0.4) is 0 Å². The van der Waals surface area contributed by atoms with Crippen LogP contribution in [-0.2, 0) is 48.2 Å². The number of carboxylic acid groups (broad SMARTS) is 2. The van der Waals surface area contributed by atoms with Crippen LogP contribution in [0.5, 0.6) is 0 Å². The van der Waals surface area contributed by atoms with E-state index in [4.69, 9.17) is 18.9 Å². The van der Waals surface area contributed by atoms with Gasteiger partial charge in [0.25, 0.3) is 0 Å². The molecular weight excluding hydrogens is 921 g/mol. The highest BCUT2D eigenvalue weighted by molar-refractivity contribution is 7.99. The average molecular weight is 985 g/mol. The lowest BCUT2D eigenvalue weighted by Gasteiger charge is -2.26. The third kappa shape index (κ3) is 19.2. The first kappa shape index (κ1) is 54.6. The van der Waals surface area contributed by atoms with Gasteiger partial charge in [-0.3, -0.25) is 19.4 Å². The molecule has 2 amide bonds. The highest BCUT2D eigenvalue weighted by Crippen LogP contribution is 2.26. The molecule has 0 saturated carbocycles. The van der Waals surface area contributed by atoms with Gasteiger partial charge in [-0.25, -0.2) is 19.6 Å². The number of unbranched alkanes of at least 4 members (excludes halogenated alkanes) is 2. The zero-order valence-corrected chi connectivity index (χ0v) is 40.8. The predicted molar refractivity (Wildman–Crippen MR) is 269 cm³/mol. The van der Waals surface area contributed by atoms with Crippen molar-refractivity contribution >= 4 is 54.7 Å². The molecule has 16 nitrogen and oxygen atoms in total. The van der Waals surface area contributed by atoms with Gasteiger partial charge in [0, 0.05) is 75.5 Å². The summed E-state index contributed by atoms with van der Waals surface area (Å²) in [5.74, 6) is 5.64. The van der Waals surface area contributed by atoms with Gasteiger partial charge in [0.1, 0.15) is 11.4 Å². The number of anilines is 1. The zero-order chi connectivity index (χ0) is 47.8. The van der Waals surface area contributed by atoms with Gasteiger partial charge >= 0.3 is 11.9 Å². The van der Waals surface area contributed by atoms with Crippen molar-refractivity contribution in [2.75, 3.05) is 95.4 Å². The molecule has 2 aliphatic rings. The minimum atomic E-state index is -1.08. The number of thioether (sulfide) groups is 1. The maximum Gasteiger partial charge on any atom is 0.354 e.